The summed E-state index contributed by atoms with van der Waals surface area (Å²) in [5, 5.41) is 11.8. The smallest absolute Gasteiger partial charge is 0.307 e. The normalized spacial score (nSPS) is 12.6. The molecule has 0 amide bonds. The first-order valence-electron chi connectivity index (χ1n) is 9.25. The van der Waals surface area contributed by atoms with Crippen LogP contribution < -0.4 is 4.31 Å². The monoisotopic (exact) mass is 409 g/mol. The Balaban J connectivity index is 2.09. The molecule has 2 aromatic carbocycles. The van der Waals surface area contributed by atoms with Crippen LogP contribution in [0.25, 0.3) is 22.3 Å². The number of nitrogens with zero attached hydrogens (tertiary/aromatic N) is 1. The van der Waals surface area contributed by atoms with Crippen LogP contribution in [0.1, 0.15) is 27.1 Å². The van der Waals surface area contributed by atoms with Crippen molar-refractivity contribution in [3.05, 3.63) is 62.8 Å². The summed E-state index contributed by atoms with van der Waals surface area (Å²) in [5.74, 6) is -0.793. The van der Waals surface area contributed by atoms with Crippen LogP contribution in [0.5, 0.6) is 0 Å². The van der Waals surface area contributed by atoms with Crippen molar-refractivity contribution < 1.29 is 9.90 Å². The van der Waals surface area contributed by atoms with E-state index in [0.717, 1.165) is 28.8 Å². The first-order valence-corrected chi connectivity index (χ1v) is 11.3. The van der Waals surface area contributed by atoms with Gasteiger partial charge >= 0.3 is 5.97 Å². The van der Waals surface area contributed by atoms with E-state index in [4.69, 9.17) is 0 Å². The minimum absolute atomic E-state index is 0.0296. The van der Waals surface area contributed by atoms with E-state index in [-0.39, 0.29) is 6.42 Å². The summed E-state index contributed by atoms with van der Waals surface area (Å²) >= 11 is 3.49. The molecule has 0 saturated heterocycles. The zero-order valence-electron chi connectivity index (χ0n) is 16.5. The van der Waals surface area contributed by atoms with Crippen molar-refractivity contribution in [1.29, 1.82) is 0 Å². The van der Waals surface area contributed by atoms with Gasteiger partial charge in [-0.05, 0) is 65.6 Å². The summed E-state index contributed by atoms with van der Waals surface area (Å²) in [5.41, 5.74) is 10.2. The van der Waals surface area contributed by atoms with Crippen molar-refractivity contribution in [2.24, 2.45) is 0 Å². The van der Waals surface area contributed by atoms with Gasteiger partial charge in [-0.15, -0.1) is 11.3 Å². The van der Waals surface area contributed by atoms with Gasteiger partial charge in [-0.25, -0.2) is 0 Å². The summed E-state index contributed by atoms with van der Waals surface area (Å²) in [6.45, 7) is 7.15. The Hall–Kier alpha value is -2.24. The maximum absolute atomic E-state index is 11.7. The average molecular weight is 410 g/mol. The van der Waals surface area contributed by atoms with Gasteiger partial charge in [-0.1, -0.05) is 41.8 Å². The van der Waals surface area contributed by atoms with Crippen molar-refractivity contribution >= 4 is 34.9 Å². The number of rotatable bonds is 4. The molecule has 3 nitrogen and oxygen atoms in total. The molecule has 1 aliphatic heterocycles. The summed E-state index contributed by atoms with van der Waals surface area (Å²) in [7, 11) is 0. The molecule has 3 aromatic rings. The molecule has 5 heteroatoms. The van der Waals surface area contributed by atoms with Crippen LogP contribution in [-0.4, -0.2) is 17.3 Å². The molecule has 0 unspecified atom stereocenters. The fourth-order valence-electron chi connectivity index (χ4n) is 4.22. The van der Waals surface area contributed by atoms with Crippen LogP contribution >= 0.6 is 23.3 Å². The van der Waals surface area contributed by atoms with Gasteiger partial charge in [0.1, 0.15) is 0 Å². The number of fused-ring (bicyclic) bond motifs is 3. The highest BCUT2D eigenvalue weighted by Crippen LogP contribution is 2.51. The average Bonchev–Trinajstić information content (AvgIpc) is 3.13. The number of carboxylic acids is 1. The minimum Gasteiger partial charge on any atom is -0.481 e. The van der Waals surface area contributed by atoms with Gasteiger partial charge in [0.2, 0.25) is 0 Å². The zero-order chi connectivity index (χ0) is 20.0. The third-order valence-corrected chi connectivity index (χ3v) is 7.19. The van der Waals surface area contributed by atoms with Gasteiger partial charge in [-0.2, -0.15) is 0 Å². The Bertz CT molecular complexity index is 1070. The molecule has 4 rings (SSSR count). The maximum atomic E-state index is 11.7. The molecular formula is C23H23NO2S2. The van der Waals surface area contributed by atoms with Gasteiger partial charge in [-0.3, -0.25) is 4.79 Å². The van der Waals surface area contributed by atoms with Crippen molar-refractivity contribution in [3.63, 3.8) is 0 Å². The Morgan fingerprint density at radius 3 is 2.46 bits per heavy atom. The summed E-state index contributed by atoms with van der Waals surface area (Å²) < 4.78 is 2.31. The lowest BCUT2D eigenvalue weighted by Gasteiger charge is -2.34. The molecule has 2 heterocycles. The quantitative estimate of drug-likeness (QED) is 0.518. The lowest BCUT2D eigenvalue weighted by atomic mass is 9.82. The van der Waals surface area contributed by atoms with E-state index in [1.54, 1.807) is 23.3 Å². The van der Waals surface area contributed by atoms with Crippen LogP contribution in [-0.2, 0) is 17.8 Å². The fourth-order valence-corrected chi connectivity index (χ4v) is 5.84. The first kappa shape index (κ1) is 19.1. The topological polar surface area (TPSA) is 40.5 Å². The van der Waals surface area contributed by atoms with Gasteiger partial charge < -0.3 is 9.41 Å². The SMILES string of the molecule is CSN1Cc2sccc2-c2c(C)c(-c3ccc(C)cc3)c(CC(=O)O)c(C)c21. The Morgan fingerprint density at radius 2 is 1.82 bits per heavy atom. The van der Waals surface area contributed by atoms with Crippen LogP contribution in [0.4, 0.5) is 5.69 Å². The minimum atomic E-state index is -0.793. The second-order valence-electron chi connectivity index (χ2n) is 7.24. The fraction of sp³-hybridized carbons (Fsp3) is 0.261. The number of carbonyl (C=O) groups is 1. The van der Waals surface area contributed by atoms with E-state index >= 15 is 0 Å². The van der Waals surface area contributed by atoms with E-state index < -0.39 is 5.97 Å². The molecule has 0 bridgehead atoms. The molecule has 0 aliphatic carbocycles. The van der Waals surface area contributed by atoms with Crippen molar-refractivity contribution in [2.45, 2.75) is 33.7 Å². The lowest BCUT2D eigenvalue weighted by Crippen LogP contribution is -2.21. The highest BCUT2D eigenvalue weighted by molar-refractivity contribution is 7.99. The van der Waals surface area contributed by atoms with E-state index in [0.29, 0.717) is 0 Å². The van der Waals surface area contributed by atoms with E-state index in [2.05, 4.69) is 67.0 Å². The molecule has 28 heavy (non-hydrogen) atoms. The van der Waals surface area contributed by atoms with Crippen LogP contribution in [0.2, 0.25) is 0 Å². The molecule has 0 atom stereocenters. The van der Waals surface area contributed by atoms with Crippen molar-refractivity contribution in [1.82, 2.24) is 0 Å². The third-order valence-electron chi connectivity index (χ3n) is 5.54. The maximum Gasteiger partial charge on any atom is 0.307 e. The zero-order valence-corrected chi connectivity index (χ0v) is 18.1. The largest absolute Gasteiger partial charge is 0.481 e. The van der Waals surface area contributed by atoms with Crippen molar-refractivity contribution in [3.8, 4) is 22.3 Å². The van der Waals surface area contributed by atoms with Gasteiger partial charge in [0.15, 0.2) is 0 Å². The third kappa shape index (κ3) is 3.03. The standard InChI is InChI=1S/C23H23NO2S2/c1-13-5-7-16(8-6-13)21-15(3)22-17-9-10-28-19(17)12-24(27-4)23(22)14(2)18(21)11-20(25)26/h5-10H,11-12H2,1-4H3,(H,25,26). The number of hydrogen-bond donors (Lipinski definition) is 1. The Kier molecular flexibility index (Phi) is 4.98. The number of thiophene rings is 1. The first-order chi connectivity index (χ1) is 13.4. The predicted octanol–water partition coefficient (Wildman–Crippen LogP) is 6.23. The van der Waals surface area contributed by atoms with E-state index in [9.17, 15) is 9.90 Å². The Labute approximate surface area is 174 Å². The summed E-state index contributed by atoms with van der Waals surface area (Å²) in [4.78, 5) is 13.1. The predicted molar refractivity (Wildman–Crippen MR) is 120 cm³/mol. The van der Waals surface area contributed by atoms with E-state index in [1.165, 1.54) is 32.8 Å². The molecule has 1 aromatic heterocycles. The number of aliphatic carboxylic acids is 1. The van der Waals surface area contributed by atoms with Gasteiger partial charge in [0.25, 0.3) is 0 Å². The van der Waals surface area contributed by atoms with Crippen molar-refractivity contribution in [2.75, 3.05) is 10.6 Å². The highest BCUT2D eigenvalue weighted by Gasteiger charge is 2.30. The number of benzene rings is 2. The second-order valence-corrected chi connectivity index (χ2v) is 9.05. The van der Waals surface area contributed by atoms with Gasteiger partial charge in [0, 0.05) is 16.7 Å². The molecule has 1 aliphatic rings. The second kappa shape index (κ2) is 7.30. The molecule has 0 saturated carbocycles. The molecule has 0 radical (unpaired) electrons. The number of aryl methyl sites for hydroxylation is 1. The molecule has 1 N–H and O–H groups in total. The van der Waals surface area contributed by atoms with Crippen LogP contribution in [0, 0.1) is 20.8 Å². The molecule has 0 spiro atoms. The number of carboxylic acid groups (broad SMARTS) is 1. The number of anilines is 1. The van der Waals surface area contributed by atoms with Crippen LogP contribution in [0.3, 0.4) is 0 Å². The molecule has 0 fully saturated rings. The number of hydrogen-bond acceptors (Lipinski definition) is 4. The van der Waals surface area contributed by atoms with Crippen LogP contribution in [0.15, 0.2) is 35.7 Å². The summed E-state index contributed by atoms with van der Waals surface area (Å²) in [6.07, 6.45) is 2.11. The lowest BCUT2D eigenvalue weighted by molar-refractivity contribution is -0.136. The Morgan fingerprint density at radius 1 is 1.11 bits per heavy atom. The molecule has 144 valence electrons. The van der Waals surface area contributed by atoms with Gasteiger partial charge in [0.05, 0.1) is 18.7 Å². The highest BCUT2D eigenvalue weighted by atomic mass is 32.2. The van der Waals surface area contributed by atoms with E-state index in [1.807, 2.05) is 0 Å². The molecular weight excluding hydrogens is 386 g/mol. The summed E-state index contributed by atoms with van der Waals surface area (Å²) in [6, 6.07) is 10.6.